The summed E-state index contributed by atoms with van der Waals surface area (Å²) in [4.78, 5) is 24.4. The molecule has 0 aliphatic heterocycles. The van der Waals surface area contributed by atoms with Gasteiger partial charge in [0.2, 0.25) is 0 Å². The molecule has 0 amide bonds. The van der Waals surface area contributed by atoms with Gasteiger partial charge < -0.3 is 18.6 Å². The van der Waals surface area contributed by atoms with Crippen LogP contribution in [0.3, 0.4) is 0 Å². The molecule has 1 aromatic heterocycles. The molecule has 118 valence electrons. The zero-order chi connectivity index (χ0) is 16.6. The molecule has 2 aromatic carbocycles. The minimum absolute atomic E-state index is 0.228. The number of benzene rings is 2. The van der Waals surface area contributed by atoms with Crippen LogP contribution in [0.2, 0.25) is 0 Å². The van der Waals surface area contributed by atoms with Crippen molar-refractivity contribution in [3.63, 3.8) is 0 Å². The lowest BCUT2D eigenvalue weighted by atomic mass is 10.0. The van der Waals surface area contributed by atoms with Crippen LogP contribution in [0.25, 0.3) is 21.7 Å². The van der Waals surface area contributed by atoms with Crippen LogP contribution in [0.1, 0.15) is 10.4 Å². The minimum Gasteiger partial charge on any atom is -0.497 e. The van der Waals surface area contributed by atoms with Crippen molar-refractivity contribution in [3.05, 3.63) is 46.3 Å². The fourth-order valence-electron chi connectivity index (χ4n) is 2.60. The van der Waals surface area contributed by atoms with Gasteiger partial charge in [-0.05, 0) is 18.2 Å². The average Bonchev–Trinajstić information content (AvgIpc) is 2.59. The Hall–Kier alpha value is -3.02. The molecule has 0 spiro atoms. The number of carbonyl (C=O) groups is 1. The Balaban J connectivity index is 2.61. The van der Waals surface area contributed by atoms with Crippen LogP contribution in [0.15, 0.2) is 39.5 Å². The number of esters is 1. The number of hydrogen-bond donors (Lipinski definition) is 0. The van der Waals surface area contributed by atoms with Crippen molar-refractivity contribution >= 4 is 27.7 Å². The second-order valence-electron chi connectivity index (χ2n) is 4.81. The van der Waals surface area contributed by atoms with Gasteiger partial charge >= 0.3 is 11.6 Å². The van der Waals surface area contributed by atoms with E-state index in [4.69, 9.17) is 18.6 Å². The van der Waals surface area contributed by atoms with Gasteiger partial charge in [0.1, 0.15) is 17.1 Å². The van der Waals surface area contributed by atoms with E-state index in [9.17, 15) is 9.59 Å². The topological polar surface area (TPSA) is 75.0 Å². The molecule has 0 saturated heterocycles. The van der Waals surface area contributed by atoms with Crippen LogP contribution in [0, 0.1) is 0 Å². The molecule has 3 aromatic rings. The molecule has 0 bridgehead atoms. The molecule has 0 aliphatic rings. The highest BCUT2D eigenvalue weighted by Crippen LogP contribution is 2.35. The highest BCUT2D eigenvalue weighted by atomic mass is 16.5. The maximum Gasteiger partial charge on any atom is 0.344 e. The van der Waals surface area contributed by atoms with Crippen molar-refractivity contribution in [1.29, 1.82) is 0 Å². The van der Waals surface area contributed by atoms with Gasteiger partial charge in [0, 0.05) is 16.8 Å². The summed E-state index contributed by atoms with van der Waals surface area (Å²) in [5.74, 6) is 0.293. The Morgan fingerprint density at radius 3 is 2.48 bits per heavy atom. The van der Waals surface area contributed by atoms with Crippen LogP contribution in [0.4, 0.5) is 0 Å². The molecule has 0 fully saturated rings. The Morgan fingerprint density at radius 1 is 1.04 bits per heavy atom. The van der Waals surface area contributed by atoms with E-state index in [0.29, 0.717) is 27.7 Å². The maximum absolute atomic E-state index is 12.2. The Kier molecular flexibility index (Phi) is 3.65. The summed E-state index contributed by atoms with van der Waals surface area (Å²) in [6.07, 6.45) is 0. The first-order valence-electron chi connectivity index (χ1n) is 6.80. The molecule has 0 radical (unpaired) electrons. The molecule has 0 aliphatic carbocycles. The summed E-state index contributed by atoms with van der Waals surface area (Å²) in [7, 11) is 4.24. The second-order valence-corrected chi connectivity index (χ2v) is 4.81. The van der Waals surface area contributed by atoms with Crippen molar-refractivity contribution < 1.29 is 23.4 Å². The molecular weight excluding hydrogens is 300 g/mol. The molecular formula is C17H14O6. The van der Waals surface area contributed by atoms with Gasteiger partial charge in [0.05, 0.1) is 32.3 Å². The van der Waals surface area contributed by atoms with Gasteiger partial charge in [0.15, 0.2) is 0 Å². The molecule has 0 atom stereocenters. The highest BCUT2D eigenvalue weighted by Gasteiger charge is 2.20. The number of methoxy groups -OCH3 is 3. The number of fused-ring (bicyclic) bond motifs is 3. The molecule has 0 unspecified atom stereocenters. The smallest absolute Gasteiger partial charge is 0.344 e. The molecule has 1 heterocycles. The SMILES string of the molecule is COC(=O)c1cc(OC)cc2oc(=O)c3cccc(OC)c3c12. The quantitative estimate of drug-likeness (QED) is 0.420. The normalized spacial score (nSPS) is 10.7. The third kappa shape index (κ3) is 2.28. The largest absolute Gasteiger partial charge is 0.497 e. The zero-order valence-corrected chi connectivity index (χ0v) is 12.8. The summed E-state index contributed by atoms with van der Waals surface area (Å²) in [5, 5.41) is 1.28. The first-order valence-corrected chi connectivity index (χ1v) is 6.80. The van der Waals surface area contributed by atoms with Crippen LogP contribution in [-0.2, 0) is 4.74 Å². The number of carbonyl (C=O) groups excluding carboxylic acids is 1. The third-order valence-electron chi connectivity index (χ3n) is 3.64. The minimum atomic E-state index is -0.560. The summed E-state index contributed by atoms with van der Waals surface area (Å²) < 4.78 is 20.7. The van der Waals surface area contributed by atoms with Gasteiger partial charge in [-0.1, -0.05) is 6.07 Å². The lowest BCUT2D eigenvalue weighted by Crippen LogP contribution is -2.07. The van der Waals surface area contributed by atoms with E-state index in [-0.39, 0.29) is 11.1 Å². The lowest BCUT2D eigenvalue weighted by molar-refractivity contribution is 0.0602. The summed E-state index contributed by atoms with van der Waals surface area (Å²) in [5.41, 5.74) is -0.0534. The molecule has 3 rings (SSSR count). The van der Waals surface area contributed by atoms with Crippen LogP contribution in [0.5, 0.6) is 11.5 Å². The summed E-state index contributed by atoms with van der Waals surface area (Å²) >= 11 is 0. The fraction of sp³-hybridized carbons (Fsp3) is 0.176. The van der Waals surface area contributed by atoms with Crippen molar-refractivity contribution in [1.82, 2.24) is 0 Å². The van der Waals surface area contributed by atoms with Gasteiger partial charge in [-0.15, -0.1) is 0 Å². The van der Waals surface area contributed by atoms with Gasteiger partial charge in [-0.2, -0.15) is 0 Å². The molecule has 0 N–H and O–H groups in total. The van der Waals surface area contributed by atoms with E-state index in [0.717, 1.165) is 0 Å². The van der Waals surface area contributed by atoms with Crippen molar-refractivity contribution in [3.8, 4) is 11.5 Å². The molecule has 6 heteroatoms. The van der Waals surface area contributed by atoms with E-state index >= 15 is 0 Å². The molecule has 6 nitrogen and oxygen atoms in total. The maximum atomic E-state index is 12.2. The van der Waals surface area contributed by atoms with E-state index in [1.165, 1.54) is 21.3 Å². The first kappa shape index (κ1) is 14.9. The Labute approximate surface area is 131 Å². The van der Waals surface area contributed by atoms with E-state index in [1.54, 1.807) is 30.3 Å². The predicted octanol–water partition coefficient (Wildman–Crippen LogP) is 2.75. The third-order valence-corrected chi connectivity index (χ3v) is 3.64. The summed E-state index contributed by atoms with van der Waals surface area (Å²) in [6, 6.07) is 8.11. The van der Waals surface area contributed by atoms with E-state index < -0.39 is 11.6 Å². The van der Waals surface area contributed by atoms with Gasteiger partial charge in [0.25, 0.3) is 0 Å². The average molecular weight is 314 g/mol. The van der Waals surface area contributed by atoms with Gasteiger partial charge in [-0.25, -0.2) is 9.59 Å². The molecule has 0 saturated carbocycles. The van der Waals surface area contributed by atoms with Crippen LogP contribution < -0.4 is 15.1 Å². The second kappa shape index (κ2) is 5.64. The monoisotopic (exact) mass is 314 g/mol. The van der Waals surface area contributed by atoms with E-state index in [1.807, 2.05) is 0 Å². The predicted molar refractivity (Wildman–Crippen MR) is 84.4 cm³/mol. The number of hydrogen-bond acceptors (Lipinski definition) is 6. The summed E-state index contributed by atoms with van der Waals surface area (Å²) in [6.45, 7) is 0. The van der Waals surface area contributed by atoms with Crippen molar-refractivity contribution in [2.24, 2.45) is 0 Å². The Bertz CT molecular complexity index is 970. The molecule has 23 heavy (non-hydrogen) atoms. The fourth-order valence-corrected chi connectivity index (χ4v) is 2.60. The van der Waals surface area contributed by atoms with Crippen LogP contribution >= 0.6 is 0 Å². The Morgan fingerprint density at radius 2 is 1.83 bits per heavy atom. The highest BCUT2D eigenvalue weighted by molar-refractivity contribution is 6.16. The van der Waals surface area contributed by atoms with Crippen molar-refractivity contribution in [2.75, 3.05) is 21.3 Å². The van der Waals surface area contributed by atoms with Crippen LogP contribution in [-0.4, -0.2) is 27.3 Å². The van der Waals surface area contributed by atoms with Crippen molar-refractivity contribution in [2.45, 2.75) is 0 Å². The van der Waals surface area contributed by atoms with Gasteiger partial charge in [-0.3, -0.25) is 0 Å². The lowest BCUT2D eigenvalue weighted by Gasteiger charge is -2.12. The van der Waals surface area contributed by atoms with E-state index in [2.05, 4.69) is 0 Å². The standard InChI is InChI=1S/C17H14O6/c1-20-9-7-11(16(18)22-3)15-13(8-9)23-17(19)10-5-4-6-12(21-2)14(10)15/h4-8H,1-3H3. The zero-order valence-electron chi connectivity index (χ0n) is 12.8. The number of rotatable bonds is 3. The number of ether oxygens (including phenoxy) is 3. The first-order chi connectivity index (χ1) is 11.1.